The van der Waals surface area contributed by atoms with E-state index in [1.807, 2.05) is 12.1 Å². The van der Waals surface area contributed by atoms with Crippen LogP contribution in [0.1, 0.15) is 5.56 Å². The fourth-order valence-electron chi connectivity index (χ4n) is 1.63. The number of ether oxygens (including phenoxy) is 1. The van der Waals surface area contributed by atoms with E-state index in [0.29, 0.717) is 33.1 Å². The highest BCUT2D eigenvalue weighted by molar-refractivity contribution is 6.32. The Balaban J connectivity index is 2.17. The highest BCUT2D eigenvalue weighted by Crippen LogP contribution is 2.32. The van der Waals surface area contributed by atoms with Gasteiger partial charge in [-0.05, 0) is 19.1 Å². The first-order valence-electron chi connectivity index (χ1n) is 5.45. The van der Waals surface area contributed by atoms with Crippen molar-refractivity contribution in [3.8, 4) is 11.6 Å². The summed E-state index contributed by atoms with van der Waals surface area (Å²) in [6.45, 7) is 1.79. The van der Waals surface area contributed by atoms with Crippen LogP contribution in [0, 0.1) is 6.92 Å². The van der Waals surface area contributed by atoms with Gasteiger partial charge in [-0.1, -0.05) is 35.3 Å². The van der Waals surface area contributed by atoms with Crippen molar-refractivity contribution in [1.29, 1.82) is 0 Å². The highest BCUT2D eigenvalue weighted by atomic mass is 35.5. The lowest BCUT2D eigenvalue weighted by Gasteiger charge is -2.11. The summed E-state index contributed by atoms with van der Waals surface area (Å²) < 4.78 is 7.27. The van der Waals surface area contributed by atoms with E-state index in [9.17, 15) is 0 Å². The van der Waals surface area contributed by atoms with E-state index in [-0.39, 0.29) is 0 Å². The fraction of sp³-hybridized carbons (Fsp3) is 0.0833. The molecule has 3 rings (SSSR count). The van der Waals surface area contributed by atoms with Crippen LogP contribution in [0.5, 0.6) is 11.6 Å². The summed E-state index contributed by atoms with van der Waals surface area (Å²) in [7, 11) is 0. The molecule has 0 N–H and O–H groups in total. The van der Waals surface area contributed by atoms with Gasteiger partial charge in [0.1, 0.15) is 17.2 Å². The molecule has 2 aromatic heterocycles. The Hall–Kier alpha value is -1.85. The Bertz CT molecular complexity index is 757. The Morgan fingerprint density at radius 2 is 2.00 bits per heavy atom. The molecule has 0 aliphatic rings. The summed E-state index contributed by atoms with van der Waals surface area (Å²) in [4.78, 5) is 8.09. The number of para-hydroxylation sites is 1. The zero-order chi connectivity index (χ0) is 13.4. The van der Waals surface area contributed by atoms with Crippen LogP contribution in [0.15, 0.2) is 30.6 Å². The Morgan fingerprint density at radius 1 is 1.21 bits per heavy atom. The van der Waals surface area contributed by atoms with Gasteiger partial charge >= 0.3 is 0 Å². The van der Waals surface area contributed by atoms with Crippen LogP contribution in [0.3, 0.4) is 0 Å². The van der Waals surface area contributed by atoms with Gasteiger partial charge in [0.25, 0.3) is 5.78 Å². The quantitative estimate of drug-likeness (QED) is 0.679. The van der Waals surface area contributed by atoms with Gasteiger partial charge in [-0.15, -0.1) is 0 Å². The van der Waals surface area contributed by atoms with E-state index in [1.165, 1.54) is 10.8 Å². The van der Waals surface area contributed by atoms with Crippen molar-refractivity contribution in [2.24, 2.45) is 0 Å². The molecule has 0 saturated carbocycles. The second-order valence-electron chi connectivity index (χ2n) is 3.84. The summed E-state index contributed by atoms with van der Waals surface area (Å²) in [6.07, 6.45) is 1.39. The average molecular weight is 295 g/mol. The van der Waals surface area contributed by atoms with Crippen LogP contribution in [0.2, 0.25) is 10.2 Å². The molecule has 19 heavy (non-hydrogen) atoms. The van der Waals surface area contributed by atoms with Crippen molar-refractivity contribution in [3.05, 3.63) is 46.3 Å². The molecule has 0 radical (unpaired) electrons. The number of halogens is 2. The molecule has 2 heterocycles. The van der Waals surface area contributed by atoms with E-state index in [2.05, 4.69) is 15.1 Å². The van der Waals surface area contributed by atoms with Crippen LogP contribution in [0.4, 0.5) is 0 Å². The molecule has 3 aromatic rings. The maximum Gasteiger partial charge on any atom is 0.256 e. The second-order valence-corrected chi connectivity index (χ2v) is 4.60. The number of aromatic nitrogens is 4. The summed E-state index contributed by atoms with van der Waals surface area (Å²) >= 11 is 12.1. The first kappa shape index (κ1) is 12.2. The fourth-order valence-corrected chi connectivity index (χ4v) is 1.96. The molecule has 0 atom stereocenters. The maximum atomic E-state index is 6.07. The minimum atomic E-state index is 0.322. The third-order valence-electron chi connectivity index (χ3n) is 2.59. The van der Waals surface area contributed by atoms with Gasteiger partial charge in [-0.25, -0.2) is 0 Å². The van der Waals surface area contributed by atoms with Gasteiger partial charge in [0.2, 0.25) is 5.88 Å². The Labute approximate surface area is 118 Å². The molecule has 5 nitrogen and oxygen atoms in total. The molecular weight excluding hydrogens is 287 g/mol. The third kappa shape index (κ3) is 2.11. The Morgan fingerprint density at radius 3 is 2.79 bits per heavy atom. The minimum Gasteiger partial charge on any atom is -0.437 e. The summed E-state index contributed by atoms with van der Waals surface area (Å²) in [5, 5.41) is 4.89. The second kappa shape index (κ2) is 4.68. The Kier molecular flexibility index (Phi) is 3.00. The SMILES string of the molecule is Cc1c(Cl)nc2ncnn2c1Oc1ccccc1Cl. The van der Waals surface area contributed by atoms with Crippen LogP contribution < -0.4 is 4.74 Å². The first-order valence-corrected chi connectivity index (χ1v) is 6.20. The molecular formula is C12H8Cl2N4O. The number of benzene rings is 1. The van der Waals surface area contributed by atoms with Crippen molar-refractivity contribution < 1.29 is 4.74 Å². The molecule has 0 amide bonds. The number of nitrogens with zero attached hydrogens (tertiary/aromatic N) is 4. The van der Waals surface area contributed by atoms with Crippen LogP contribution in [0.25, 0.3) is 5.78 Å². The molecule has 96 valence electrons. The van der Waals surface area contributed by atoms with Crippen molar-refractivity contribution in [1.82, 2.24) is 19.6 Å². The number of rotatable bonds is 2. The normalized spacial score (nSPS) is 10.9. The number of hydrogen-bond donors (Lipinski definition) is 0. The molecule has 0 aliphatic carbocycles. The molecule has 1 aromatic carbocycles. The molecule has 0 spiro atoms. The van der Waals surface area contributed by atoms with Gasteiger partial charge < -0.3 is 4.74 Å². The molecule has 0 bridgehead atoms. The van der Waals surface area contributed by atoms with Crippen LogP contribution >= 0.6 is 23.2 Å². The lowest BCUT2D eigenvalue weighted by molar-refractivity contribution is 0.442. The van der Waals surface area contributed by atoms with Gasteiger partial charge in [0.15, 0.2) is 0 Å². The van der Waals surface area contributed by atoms with E-state index in [4.69, 9.17) is 27.9 Å². The molecule has 0 fully saturated rings. The topological polar surface area (TPSA) is 52.3 Å². The summed E-state index contributed by atoms with van der Waals surface area (Å²) in [5.41, 5.74) is 0.666. The number of hydrogen-bond acceptors (Lipinski definition) is 4. The number of fused-ring (bicyclic) bond motifs is 1. The van der Waals surface area contributed by atoms with Crippen molar-refractivity contribution >= 4 is 29.0 Å². The zero-order valence-electron chi connectivity index (χ0n) is 9.84. The third-order valence-corrected chi connectivity index (χ3v) is 3.27. The average Bonchev–Trinajstić information content (AvgIpc) is 2.85. The van der Waals surface area contributed by atoms with Gasteiger partial charge in [-0.2, -0.15) is 19.6 Å². The van der Waals surface area contributed by atoms with E-state index < -0.39 is 0 Å². The summed E-state index contributed by atoms with van der Waals surface area (Å²) in [6, 6.07) is 7.16. The van der Waals surface area contributed by atoms with E-state index >= 15 is 0 Å². The molecule has 0 aliphatic heterocycles. The van der Waals surface area contributed by atoms with Gasteiger partial charge in [-0.3, -0.25) is 0 Å². The lowest BCUT2D eigenvalue weighted by atomic mass is 10.3. The molecule has 0 saturated heterocycles. The predicted octanol–water partition coefficient (Wildman–Crippen LogP) is 3.53. The maximum absolute atomic E-state index is 6.07. The zero-order valence-corrected chi connectivity index (χ0v) is 11.4. The predicted molar refractivity (Wildman–Crippen MR) is 72.1 cm³/mol. The minimum absolute atomic E-state index is 0.322. The van der Waals surface area contributed by atoms with Crippen molar-refractivity contribution in [3.63, 3.8) is 0 Å². The van der Waals surface area contributed by atoms with Gasteiger partial charge in [0, 0.05) is 5.56 Å². The smallest absolute Gasteiger partial charge is 0.256 e. The van der Waals surface area contributed by atoms with Crippen LogP contribution in [-0.4, -0.2) is 19.6 Å². The molecule has 7 heteroatoms. The van der Waals surface area contributed by atoms with E-state index in [0.717, 1.165) is 0 Å². The molecule has 0 unspecified atom stereocenters. The van der Waals surface area contributed by atoms with Crippen molar-refractivity contribution in [2.45, 2.75) is 6.92 Å². The van der Waals surface area contributed by atoms with Crippen LogP contribution in [-0.2, 0) is 0 Å². The van der Waals surface area contributed by atoms with Crippen molar-refractivity contribution in [2.75, 3.05) is 0 Å². The largest absolute Gasteiger partial charge is 0.437 e. The lowest BCUT2D eigenvalue weighted by Crippen LogP contribution is -2.01. The first-order chi connectivity index (χ1) is 9.16. The summed E-state index contributed by atoms with van der Waals surface area (Å²) in [5.74, 6) is 1.34. The highest BCUT2D eigenvalue weighted by Gasteiger charge is 2.15. The standard InChI is InChI=1S/C12H8Cl2N4O/c1-7-10(14)17-12-15-6-16-18(12)11(7)19-9-5-3-2-4-8(9)13/h2-6H,1H3. The monoisotopic (exact) mass is 294 g/mol. The van der Waals surface area contributed by atoms with Gasteiger partial charge in [0.05, 0.1) is 5.02 Å². The van der Waals surface area contributed by atoms with E-state index in [1.54, 1.807) is 19.1 Å².